The molecule has 0 saturated carbocycles. The highest BCUT2D eigenvalue weighted by Gasteiger charge is 2.24. The number of amides is 1. The van der Waals surface area contributed by atoms with Gasteiger partial charge >= 0.3 is 0 Å². The number of nitrogens with zero attached hydrogens (tertiary/aromatic N) is 2. The number of nitro groups is 1. The largest absolute Gasteiger partial charge is 0.378 e. The van der Waals surface area contributed by atoms with Crippen LogP contribution >= 0.6 is 15.9 Å². The van der Waals surface area contributed by atoms with Crippen LogP contribution in [-0.2, 0) is 4.74 Å². The highest BCUT2D eigenvalue weighted by Crippen LogP contribution is 2.30. The Balaban J connectivity index is 1.81. The minimum atomic E-state index is -0.437. The number of morpholine rings is 1. The van der Waals surface area contributed by atoms with Crippen LogP contribution < -0.4 is 10.2 Å². The summed E-state index contributed by atoms with van der Waals surface area (Å²) in [5, 5.41) is 14.6. The number of halogens is 1. The number of ether oxygens (including phenoxy) is 1. The number of nitrogens with one attached hydrogen (secondary N) is 1. The summed E-state index contributed by atoms with van der Waals surface area (Å²) in [6.45, 7) is 4.23. The topological polar surface area (TPSA) is 84.7 Å². The van der Waals surface area contributed by atoms with Crippen molar-refractivity contribution in [1.82, 2.24) is 5.32 Å². The third-order valence-electron chi connectivity index (χ3n) is 4.77. The molecule has 8 heteroatoms. The molecule has 1 heterocycles. The molecule has 0 aromatic heterocycles. The second-order valence-electron chi connectivity index (χ2n) is 6.55. The molecule has 1 amide bonds. The number of hydrogen-bond acceptors (Lipinski definition) is 5. The molecule has 1 N–H and O–H groups in total. The van der Waals surface area contributed by atoms with Gasteiger partial charge in [-0.3, -0.25) is 14.9 Å². The van der Waals surface area contributed by atoms with Crippen LogP contribution in [0.4, 0.5) is 11.4 Å². The van der Waals surface area contributed by atoms with E-state index in [0.717, 1.165) is 10.0 Å². The normalized spacial score (nSPS) is 15.1. The van der Waals surface area contributed by atoms with Gasteiger partial charge in [-0.15, -0.1) is 0 Å². The van der Waals surface area contributed by atoms with Crippen molar-refractivity contribution >= 4 is 33.2 Å². The smallest absolute Gasteiger partial charge is 0.293 e. The lowest BCUT2D eigenvalue weighted by Crippen LogP contribution is -2.36. The maximum absolute atomic E-state index is 12.7. The molecule has 0 radical (unpaired) electrons. The van der Waals surface area contributed by atoms with Crippen LogP contribution in [0.2, 0.25) is 0 Å². The molecule has 148 valence electrons. The van der Waals surface area contributed by atoms with Crippen molar-refractivity contribution in [1.29, 1.82) is 0 Å². The molecule has 1 unspecified atom stereocenters. The molecule has 0 bridgehead atoms. The van der Waals surface area contributed by atoms with Gasteiger partial charge in [0.2, 0.25) is 0 Å². The van der Waals surface area contributed by atoms with E-state index < -0.39 is 4.92 Å². The number of benzene rings is 2. The van der Waals surface area contributed by atoms with Crippen molar-refractivity contribution in [3.8, 4) is 0 Å². The van der Waals surface area contributed by atoms with Crippen molar-refractivity contribution in [2.45, 2.75) is 19.4 Å². The average molecular weight is 448 g/mol. The summed E-state index contributed by atoms with van der Waals surface area (Å²) in [4.78, 5) is 25.8. The van der Waals surface area contributed by atoms with E-state index >= 15 is 0 Å². The van der Waals surface area contributed by atoms with Crippen LogP contribution in [0, 0.1) is 10.1 Å². The van der Waals surface area contributed by atoms with Crippen molar-refractivity contribution in [3.05, 3.63) is 68.2 Å². The van der Waals surface area contributed by atoms with E-state index in [1.807, 2.05) is 36.1 Å². The monoisotopic (exact) mass is 447 g/mol. The summed E-state index contributed by atoms with van der Waals surface area (Å²) in [5.41, 5.74) is 1.72. The number of nitro benzene ring substituents is 1. The third kappa shape index (κ3) is 4.69. The van der Waals surface area contributed by atoms with Gasteiger partial charge in [0.15, 0.2) is 0 Å². The van der Waals surface area contributed by atoms with Crippen molar-refractivity contribution in [2.24, 2.45) is 0 Å². The minimum Gasteiger partial charge on any atom is -0.378 e. The third-order valence-corrected chi connectivity index (χ3v) is 5.30. The maximum atomic E-state index is 12.7. The van der Waals surface area contributed by atoms with Crippen LogP contribution in [0.1, 0.15) is 35.3 Å². The summed E-state index contributed by atoms with van der Waals surface area (Å²) in [6.07, 6.45) is 0.710. The first-order valence-electron chi connectivity index (χ1n) is 9.17. The average Bonchev–Trinajstić information content (AvgIpc) is 2.72. The summed E-state index contributed by atoms with van der Waals surface area (Å²) < 4.78 is 6.27. The molecule has 1 saturated heterocycles. The van der Waals surface area contributed by atoms with Gasteiger partial charge in [-0.05, 0) is 36.2 Å². The van der Waals surface area contributed by atoms with Gasteiger partial charge in [-0.1, -0.05) is 35.0 Å². The van der Waals surface area contributed by atoms with E-state index in [1.54, 1.807) is 12.1 Å². The standard InChI is InChI=1S/C20H22BrN3O4/c1-2-17(14-3-6-16(21)7-4-14)22-20(25)15-5-8-18(19(13-15)24(26)27)23-9-11-28-12-10-23/h3-8,13,17H,2,9-12H2,1H3,(H,22,25). The first kappa shape index (κ1) is 20.3. The Morgan fingerprint density at radius 1 is 1.25 bits per heavy atom. The van der Waals surface area contributed by atoms with Gasteiger partial charge in [0.25, 0.3) is 11.6 Å². The van der Waals surface area contributed by atoms with E-state index in [4.69, 9.17) is 4.74 Å². The van der Waals surface area contributed by atoms with E-state index in [2.05, 4.69) is 21.2 Å². The Morgan fingerprint density at radius 3 is 2.54 bits per heavy atom. The second-order valence-corrected chi connectivity index (χ2v) is 7.46. The summed E-state index contributed by atoms with van der Waals surface area (Å²) in [6, 6.07) is 12.2. The number of carbonyl (C=O) groups excluding carboxylic acids is 1. The fraction of sp³-hybridized carbons (Fsp3) is 0.350. The van der Waals surface area contributed by atoms with E-state index in [-0.39, 0.29) is 23.2 Å². The number of anilines is 1. The van der Waals surface area contributed by atoms with E-state index in [1.165, 1.54) is 6.07 Å². The van der Waals surface area contributed by atoms with Crippen LogP contribution in [-0.4, -0.2) is 37.1 Å². The first-order chi connectivity index (χ1) is 13.5. The lowest BCUT2D eigenvalue weighted by atomic mass is 10.0. The fourth-order valence-electron chi connectivity index (χ4n) is 3.24. The van der Waals surface area contributed by atoms with Crippen LogP contribution in [0.25, 0.3) is 0 Å². The lowest BCUT2D eigenvalue weighted by Gasteiger charge is -2.28. The zero-order chi connectivity index (χ0) is 20.1. The molecule has 0 spiro atoms. The quantitative estimate of drug-likeness (QED) is 0.532. The Hall–Kier alpha value is -2.45. The van der Waals surface area contributed by atoms with Crippen molar-refractivity contribution < 1.29 is 14.5 Å². The number of carbonyl (C=O) groups is 1. The van der Waals surface area contributed by atoms with Gasteiger partial charge in [0, 0.05) is 29.2 Å². The van der Waals surface area contributed by atoms with Crippen LogP contribution in [0.5, 0.6) is 0 Å². The Kier molecular flexibility index (Phi) is 6.64. The molecule has 1 atom stereocenters. The van der Waals surface area contributed by atoms with Gasteiger partial charge in [0.05, 0.1) is 24.2 Å². The highest BCUT2D eigenvalue weighted by molar-refractivity contribution is 9.10. The molecule has 28 heavy (non-hydrogen) atoms. The zero-order valence-electron chi connectivity index (χ0n) is 15.6. The predicted molar refractivity (Wildman–Crippen MR) is 111 cm³/mol. The SMILES string of the molecule is CCC(NC(=O)c1ccc(N2CCOCC2)c([N+](=O)[O-])c1)c1ccc(Br)cc1. The molecular formula is C20H22BrN3O4. The Labute approximate surface area is 172 Å². The fourth-order valence-corrected chi connectivity index (χ4v) is 3.50. The molecule has 0 aliphatic carbocycles. The van der Waals surface area contributed by atoms with Gasteiger partial charge in [-0.25, -0.2) is 0 Å². The lowest BCUT2D eigenvalue weighted by molar-refractivity contribution is -0.384. The molecule has 2 aromatic carbocycles. The predicted octanol–water partition coefficient (Wildman–Crippen LogP) is 4.08. The minimum absolute atomic E-state index is 0.0637. The molecular weight excluding hydrogens is 426 g/mol. The molecule has 1 aliphatic rings. The zero-order valence-corrected chi connectivity index (χ0v) is 17.1. The maximum Gasteiger partial charge on any atom is 0.293 e. The van der Waals surface area contributed by atoms with Crippen molar-refractivity contribution in [3.63, 3.8) is 0 Å². The van der Waals surface area contributed by atoms with E-state index in [9.17, 15) is 14.9 Å². The number of hydrogen-bond donors (Lipinski definition) is 1. The molecule has 1 aliphatic heterocycles. The summed E-state index contributed by atoms with van der Waals surface area (Å²) in [5.74, 6) is -0.327. The second kappa shape index (κ2) is 9.16. The van der Waals surface area contributed by atoms with Gasteiger partial charge in [0.1, 0.15) is 5.69 Å². The Morgan fingerprint density at radius 2 is 1.93 bits per heavy atom. The van der Waals surface area contributed by atoms with Crippen LogP contribution in [0.15, 0.2) is 46.9 Å². The molecule has 2 aromatic rings. The molecule has 1 fully saturated rings. The Bertz CT molecular complexity index is 851. The highest BCUT2D eigenvalue weighted by atomic mass is 79.9. The molecule has 7 nitrogen and oxygen atoms in total. The van der Waals surface area contributed by atoms with Gasteiger partial charge < -0.3 is 15.0 Å². The summed E-state index contributed by atoms with van der Waals surface area (Å²) in [7, 11) is 0. The summed E-state index contributed by atoms with van der Waals surface area (Å²) >= 11 is 3.40. The van der Waals surface area contributed by atoms with Crippen molar-refractivity contribution in [2.75, 3.05) is 31.2 Å². The van der Waals surface area contributed by atoms with Gasteiger partial charge in [-0.2, -0.15) is 0 Å². The first-order valence-corrected chi connectivity index (χ1v) is 9.96. The van der Waals surface area contributed by atoms with E-state index in [0.29, 0.717) is 38.4 Å². The molecule has 3 rings (SSSR count). The van der Waals surface area contributed by atoms with Crippen LogP contribution in [0.3, 0.4) is 0 Å². The number of rotatable bonds is 6.